The summed E-state index contributed by atoms with van der Waals surface area (Å²) in [6, 6.07) is 4.43. The molecule has 21 heavy (non-hydrogen) atoms. The molecule has 1 aliphatic heterocycles. The molecule has 1 aromatic rings. The molecule has 0 aromatic heterocycles. The van der Waals surface area contributed by atoms with Crippen LogP contribution in [0.1, 0.15) is 31.4 Å². The molecule has 1 aromatic carbocycles. The maximum Gasteiger partial charge on any atom is 0.126 e. The summed E-state index contributed by atoms with van der Waals surface area (Å²) in [7, 11) is 2.14. The van der Waals surface area contributed by atoms with Crippen molar-refractivity contribution in [1.82, 2.24) is 10.2 Å². The maximum atomic E-state index is 13.4. The molecule has 0 saturated carbocycles. The van der Waals surface area contributed by atoms with Gasteiger partial charge < -0.3 is 10.2 Å². The molecule has 1 aliphatic rings. The largest absolute Gasteiger partial charge is 0.310 e. The molecule has 118 valence electrons. The molecule has 0 amide bonds. The fourth-order valence-electron chi connectivity index (χ4n) is 2.79. The minimum absolute atomic E-state index is 0.00305. The Kier molecular flexibility index (Phi) is 6.45. The first-order valence-electron chi connectivity index (χ1n) is 7.57. The van der Waals surface area contributed by atoms with Crippen LogP contribution in [0.5, 0.6) is 0 Å². The highest BCUT2D eigenvalue weighted by Gasteiger charge is 2.21. The van der Waals surface area contributed by atoms with Crippen LogP contribution in [0.4, 0.5) is 8.78 Å². The molecule has 1 heterocycles. The summed E-state index contributed by atoms with van der Waals surface area (Å²) in [5.41, 5.74) is 0.698. The molecule has 5 heteroatoms. The van der Waals surface area contributed by atoms with Gasteiger partial charge in [0.15, 0.2) is 0 Å². The Bertz CT molecular complexity index is 430. The van der Waals surface area contributed by atoms with Crippen LogP contribution < -0.4 is 5.32 Å². The van der Waals surface area contributed by atoms with Crippen molar-refractivity contribution < 1.29 is 8.78 Å². The van der Waals surface area contributed by atoms with Gasteiger partial charge in [0, 0.05) is 23.9 Å². The monoisotopic (exact) mass is 314 g/mol. The smallest absolute Gasteiger partial charge is 0.126 e. The van der Waals surface area contributed by atoms with Crippen LogP contribution in [0.3, 0.4) is 0 Å². The standard InChI is InChI=1S/C16H24F2N2S/c1-3-19-16(12-8-13(17)10-14(18)9-12)4-6-20(2)15-5-7-21-11-15/h8-10,15-16,19H,3-7,11H2,1-2H3. The summed E-state index contributed by atoms with van der Waals surface area (Å²) in [6.07, 6.45) is 2.09. The van der Waals surface area contributed by atoms with Gasteiger partial charge in [-0.05, 0) is 56.4 Å². The maximum absolute atomic E-state index is 13.4. The highest BCUT2D eigenvalue weighted by molar-refractivity contribution is 7.99. The van der Waals surface area contributed by atoms with E-state index in [0.717, 1.165) is 25.6 Å². The number of nitrogens with zero attached hydrogens (tertiary/aromatic N) is 1. The third-order valence-corrected chi connectivity index (χ3v) is 5.18. The normalized spacial score (nSPS) is 20.1. The van der Waals surface area contributed by atoms with Crippen molar-refractivity contribution in [3.63, 3.8) is 0 Å². The summed E-state index contributed by atoms with van der Waals surface area (Å²) in [5.74, 6) is 1.42. The van der Waals surface area contributed by atoms with E-state index in [0.29, 0.717) is 11.6 Å². The number of rotatable bonds is 7. The second kappa shape index (κ2) is 8.11. The first-order valence-corrected chi connectivity index (χ1v) is 8.73. The number of hydrogen-bond donors (Lipinski definition) is 1. The van der Waals surface area contributed by atoms with E-state index in [2.05, 4.69) is 17.3 Å². The Balaban J connectivity index is 1.97. The van der Waals surface area contributed by atoms with Gasteiger partial charge in [0.25, 0.3) is 0 Å². The van der Waals surface area contributed by atoms with Crippen LogP contribution in [0.15, 0.2) is 18.2 Å². The van der Waals surface area contributed by atoms with Crippen molar-refractivity contribution in [2.24, 2.45) is 0 Å². The van der Waals surface area contributed by atoms with Crippen molar-refractivity contribution in [1.29, 1.82) is 0 Å². The molecule has 1 saturated heterocycles. The molecule has 1 N–H and O–H groups in total. The second-order valence-electron chi connectivity index (χ2n) is 5.60. The zero-order chi connectivity index (χ0) is 15.2. The average Bonchev–Trinajstić information content (AvgIpc) is 2.96. The molecule has 0 aliphatic carbocycles. The molecular formula is C16H24F2N2S. The summed E-state index contributed by atoms with van der Waals surface area (Å²) >= 11 is 2.00. The van der Waals surface area contributed by atoms with E-state index in [-0.39, 0.29) is 6.04 Å². The van der Waals surface area contributed by atoms with Gasteiger partial charge in [-0.2, -0.15) is 11.8 Å². The second-order valence-corrected chi connectivity index (χ2v) is 6.75. The van der Waals surface area contributed by atoms with Gasteiger partial charge in [0.05, 0.1) is 0 Å². The van der Waals surface area contributed by atoms with Crippen LogP contribution in [0.2, 0.25) is 0 Å². The van der Waals surface area contributed by atoms with E-state index in [9.17, 15) is 8.78 Å². The molecular weight excluding hydrogens is 290 g/mol. The lowest BCUT2D eigenvalue weighted by Crippen LogP contribution is -2.34. The summed E-state index contributed by atoms with van der Waals surface area (Å²) in [6.45, 7) is 3.73. The van der Waals surface area contributed by atoms with Crippen LogP contribution in [0.25, 0.3) is 0 Å². The zero-order valence-corrected chi connectivity index (χ0v) is 13.6. The molecule has 2 nitrogen and oxygen atoms in total. The third-order valence-electron chi connectivity index (χ3n) is 4.04. The highest BCUT2D eigenvalue weighted by Crippen LogP contribution is 2.24. The van der Waals surface area contributed by atoms with E-state index >= 15 is 0 Å². The quantitative estimate of drug-likeness (QED) is 0.830. The highest BCUT2D eigenvalue weighted by atomic mass is 32.2. The number of hydrogen-bond acceptors (Lipinski definition) is 3. The Morgan fingerprint density at radius 2 is 2.05 bits per heavy atom. The van der Waals surface area contributed by atoms with Gasteiger partial charge in [-0.15, -0.1) is 0 Å². The van der Waals surface area contributed by atoms with E-state index in [1.54, 1.807) is 0 Å². The summed E-state index contributed by atoms with van der Waals surface area (Å²) in [4.78, 5) is 2.37. The van der Waals surface area contributed by atoms with Crippen LogP contribution in [0, 0.1) is 11.6 Å². The zero-order valence-electron chi connectivity index (χ0n) is 12.7. The predicted molar refractivity (Wildman–Crippen MR) is 85.8 cm³/mol. The van der Waals surface area contributed by atoms with Crippen LogP contribution in [-0.2, 0) is 0 Å². The number of benzene rings is 1. The van der Waals surface area contributed by atoms with E-state index in [1.165, 1.54) is 30.1 Å². The Hall–Kier alpha value is -0.650. The number of nitrogens with one attached hydrogen (secondary N) is 1. The molecule has 2 atom stereocenters. The SMILES string of the molecule is CCNC(CCN(C)C1CCSC1)c1cc(F)cc(F)c1. The van der Waals surface area contributed by atoms with Gasteiger partial charge in [0.2, 0.25) is 0 Å². The molecule has 2 unspecified atom stereocenters. The molecule has 2 rings (SSSR count). The molecule has 0 spiro atoms. The third kappa shape index (κ3) is 4.94. The van der Waals surface area contributed by atoms with E-state index in [4.69, 9.17) is 0 Å². The minimum Gasteiger partial charge on any atom is -0.310 e. The van der Waals surface area contributed by atoms with Crippen molar-refractivity contribution >= 4 is 11.8 Å². The van der Waals surface area contributed by atoms with Crippen molar-refractivity contribution in [3.05, 3.63) is 35.4 Å². The van der Waals surface area contributed by atoms with Crippen molar-refractivity contribution in [3.8, 4) is 0 Å². The lowest BCUT2D eigenvalue weighted by atomic mass is 10.0. The van der Waals surface area contributed by atoms with E-state index in [1.807, 2.05) is 18.7 Å². The minimum atomic E-state index is -0.506. The number of thioether (sulfide) groups is 1. The summed E-state index contributed by atoms with van der Waals surface area (Å²) in [5, 5.41) is 3.33. The Morgan fingerprint density at radius 1 is 1.33 bits per heavy atom. The van der Waals surface area contributed by atoms with Gasteiger partial charge in [0.1, 0.15) is 11.6 Å². The van der Waals surface area contributed by atoms with Crippen molar-refractivity contribution in [2.45, 2.75) is 31.8 Å². The average molecular weight is 314 g/mol. The number of halogens is 2. The molecule has 0 bridgehead atoms. The Labute approximate surface area is 130 Å². The molecule has 0 radical (unpaired) electrons. The first kappa shape index (κ1) is 16.7. The van der Waals surface area contributed by atoms with Crippen LogP contribution >= 0.6 is 11.8 Å². The topological polar surface area (TPSA) is 15.3 Å². The van der Waals surface area contributed by atoms with Gasteiger partial charge >= 0.3 is 0 Å². The first-order chi connectivity index (χ1) is 10.1. The fourth-order valence-corrected chi connectivity index (χ4v) is 4.09. The fraction of sp³-hybridized carbons (Fsp3) is 0.625. The molecule has 1 fully saturated rings. The Morgan fingerprint density at radius 3 is 2.62 bits per heavy atom. The van der Waals surface area contributed by atoms with E-state index < -0.39 is 11.6 Å². The van der Waals surface area contributed by atoms with Gasteiger partial charge in [-0.25, -0.2) is 8.78 Å². The van der Waals surface area contributed by atoms with Crippen molar-refractivity contribution in [2.75, 3.05) is 31.6 Å². The van der Waals surface area contributed by atoms with Gasteiger partial charge in [-0.1, -0.05) is 6.92 Å². The van der Waals surface area contributed by atoms with Gasteiger partial charge in [-0.3, -0.25) is 0 Å². The predicted octanol–water partition coefficient (Wildman–Crippen LogP) is 3.44. The van der Waals surface area contributed by atoms with Crippen LogP contribution in [-0.4, -0.2) is 42.6 Å². The lowest BCUT2D eigenvalue weighted by Gasteiger charge is -2.26. The summed E-state index contributed by atoms with van der Waals surface area (Å²) < 4.78 is 26.8. The lowest BCUT2D eigenvalue weighted by molar-refractivity contribution is 0.247.